The van der Waals surface area contributed by atoms with E-state index in [9.17, 15) is 13.2 Å². The maximum atomic E-state index is 12.4. The van der Waals surface area contributed by atoms with Gasteiger partial charge in [0.05, 0.1) is 0 Å². The first-order valence-electron chi connectivity index (χ1n) is 7.07. The predicted octanol–water partition coefficient (Wildman–Crippen LogP) is 1.63. The normalized spacial score (nSPS) is 11.5. The molecule has 23 heavy (non-hydrogen) atoms. The number of carbonyl (C=O) groups is 1. The monoisotopic (exact) mass is 373 g/mol. The van der Waals surface area contributed by atoms with Gasteiger partial charge in [-0.2, -0.15) is 0 Å². The van der Waals surface area contributed by atoms with Gasteiger partial charge in [0.15, 0.2) is 0 Å². The van der Waals surface area contributed by atoms with Gasteiger partial charge in [-0.15, -0.1) is 22.7 Å². The number of amides is 1. The van der Waals surface area contributed by atoms with Gasteiger partial charge >= 0.3 is 0 Å². The van der Waals surface area contributed by atoms with Gasteiger partial charge in [0.2, 0.25) is 10.0 Å². The van der Waals surface area contributed by atoms with Gasteiger partial charge in [0.25, 0.3) is 5.91 Å². The third kappa shape index (κ3) is 5.11. The van der Waals surface area contributed by atoms with E-state index in [2.05, 4.69) is 15.4 Å². The first-order valence-corrected chi connectivity index (χ1v) is 10.3. The van der Waals surface area contributed by atoms with Crippen molar-refractivity contribution in [2.45, 2.75) is 17.9 Å². The van der Waals surface area contributed by atoms with E-state index in [1.807, 2.05) is 24.6 Å². The third-order valence-corrected chi connectivity index (χ3v) is 6.39. The molecule has 0 spiro atoms. The molecule has 2 heterocycles. The van der Waals surface area contributed by atoms with Crippen molar-refractivity contribution in [3.63, 3.8) is 0 Å². The van der Waals surface area contributed by atoms with E-state index in [0.717, 1.165) is 29.2 Å². The second kappa shape index (κ2) is 8.55. The lowest BCUT2D eigenvalue weighted by atomic mass is 10.4. The fourth-order valence-electron chi connectivity index (χ4n) is 1.88. The minimum absolute atomic E-state index is 0.0326. The van der Waals surface area contributed by atoms with E-state index in [-0.39, 0.29) is 22.2 Å². The summed E-state index contributed by atoms with van der Waals surface area (Å²) in [7, 11) is -1.87. The van der Waals surface area contributed by atoms with E-state index in [0.29, 0.717) is 6.54 Å². The number of carbonyl (C=O) groups excluding carboxylic acids is 1. The minimum Gasteiger partial charge on any atom is -0.351 e. The van der Waals surface area contributed by atoms with Gasteiger partial charge in [-0.25, -0.2) is 13.1 Å². The summed E-state index contributed by atoms with van der Waals surface area (Å²) < 4.78 is 27.3. The van der Waals surface area contributed by atoms with Crippen LogP contribution in [-0.2, 0) is 16.6 Å². The fourth-order valence-corrected chi connectivity index (χ4v) is 4.96. The minimum atomic E-state index is -3.71. The summed E-state index contributed by atoms with van der Waals surface area (Å²) in [6.07, 6.45) is 0.784. The molecule has 0 atom stereocenters. The highest BCUT2D eigenvalue weighted by Crippen LogP contribution is 2.22. The molecule has 2 rings (SSSR count). The van der Waals surface area contributed by atoms with Crippen LogP contribution in [0.5, 0.6) is 0 Å². The maximum Gasteiger partial charge on any atom is 0.262 e. The van der Waals surface area contributed by atoms with Crippen molar-refractivity contribution in [2.24, 2.45) is 0 Å². The highest BCUT2D eigenvalue weighted by Gasteiger charge is 2.23. The molecule has 9 heteroatoms. The molecule has 0 aliphatic heterocycles. The first kappa shape index (κ1) is 18.1. The number of thiophene rings is 2. The molecule has 0 aliphatic rings. The van der Waals surface area contributed by atoms with Gasteiger partial charge in [-0.3, -0.25) is 4.79 Å². The Balaban J connectivity index is 2.02. The molecule has 1 amide bonds. The zero-order chi connectivity index (χ0) is 16.7. The van der Waals surface area contributed by atoms with Crippen molar-refractivity contribution >= 4 is 38.6 Å². The maximum absolute atomic E-state index is 12.4. The summed E-state index contributed by atoms with van der Waals surface area (Å²) >= 11 is 2.60. The van der Waals surface area contributed by atoms with Crippen molar-refractivity contribution in [1.29, 1.82) is 0 Å². The zero-order valence-electron chi connectivity index (χ0n) is 12.7. The van der Waals surface area contributed by atoms with Crippen LogP contribution < -0.4 is 15.4 Å². The summed E-state index contributed by atoms with van der Waals surface area (Å²) in [4.78, 5) is 13.3. The summed E-state index contributed by atoms with van der Waals surface area (Å²) in [5.41, 5.74) is 0. The van der Waals surface area contributed by atoms with Crippen LogP contribution in [0.2, 0.25) is 0 Å². The lowest BCUT2D eigenvalue weighted by molar-refractivity contribution is 0.0954. The standard InChI is InChI=1S/C14H19N3O3S3/c1-15-6-3-7-16-14(18)13-12(5-9-22-13)23(19,20)17-10-11-4-2-8-21-11/h2,4-5,8-9,15,17H,3,6-7,10H2,1H3,(H,16,18). The highest BCUT2D eigenvalue weighted by atomic mass is 32.2. The van der Waals surface area contributed by atoms with Crippen molar-refractivity contribution in [3.8, 4) is 0 Å². The number of rotatable bonds is 9. The Morgan fingerprint density at radius 3 is 2.70 bits per heavy atom. The average Bonchev–Trinajstić information content (AvgIpc) is 3.20. The largest absolute Gasteiger partial charge is 0.351 e. The van der Waals surface area contributed by atoms with Crippen LogP contribution in [0.1, 0.15) is 21.0 Å². The second-order valence-corrected chi connectivity index (χ2v) is 8.41. The van der Waals surface area contributed by atoms with Crippen molar-refractivity contribution < 1.29 is 13.2 Å². The topological polar surface area (TPSA) is 87.3 Å². The van der Waals surface area contributed by atoms with Crippen molar-refractivity contribution in [1.82, 2.24) is 15.4 Å². The summed E-state index contributed by atoms with van der Waals surface area (Å²) in [6.45, 7) is 1.51. The van der Waals surface area contributed by atoms with Crippen LogP contribution in [0.4, 0.5) is 0 Å². The van der Waals surface area contributed by atoms with Crippen molar-refractivity contribution in [2.75, 3.05) is 20.1 Å². The smallest absolute Gasteiger partial charge is 0.262 e. The number of hydrogen-bond acceptors (Lipinski definition) is 6. The molecule has 0 saturated carbocycles. The molecule has 126 valence electrons. The van der Waals surface area contributed by atoms with Crippen molar-refractivity contribution in [3.05, 3.63) is 38.7 Å². The molecule has 2 aromatic rings. The van der Waals surface area contributed by atoms with E-state index in [4.69, 9.17) is 0 Å². The van der Waals surface area contributed by atoms with Gasteiger partial charge in [0.1, 0.15) is 9.77 Å². The molecule has 0 saturated heterocycles. The quantitative estimate of drug-likeness (QED) is 0.583. The van der Waals surface area contributed by atoms with E-state index in [1.54, 1.807) is 5.38 Å². The number of hydrogen-bond donors (Lipinski definition) is 3. The molecule has 0 fully saturated rings. The van der Waals surface area contributed by atoms with E-state index < -0.39 is 10.0 Å². The first-order chi connectivity index (χ1) is 11.0. The van der Waals surface area contributed by atoms with Crippen LogP contribution in [0, 0.1) is 0 Å². The van der Waals surface area contributed by atoms with Crippen LogP contribution in [0.3, 0.4) is 0 Å². The van der Waals surface area contributed by atoms with Crippen LogP contribution >= 0.6 is 22.7 Å². The Labute approximate surface area is 144 Å². The molecule has 0 bridgehead atoms. The molecular formula is C14H19N3O3S3. The molecule has 0 unspecified atom stereocenters. The highest BCUT2D eigenvalue weighted by molar-refractivity contribution is 7.89. The van der Waals surface area contributed by atoms with Gasteiger partial charge in [-0.05, 0) is 42.9 Å². The van der Waals surface area contributed by atoms with Crippen LogP contribution in [-0.4, -0.2) is 34.5 Å². The Kier molecular flexibility index (Phi) is 6.72. The van der Waals surface area contributed by atoms with E-state index in [1.165, 1.54) is 17.4 Å². The summed E-state index contributed by atoms with van der Waals surface area (Å²) in [5.74, 6) is -0.354. The second-order valence-electron chi connectivity index (χ2n) is 4.73. The lowest BCUT2D eigenvalue weighted by Gasteiger charge is -2.08. The molecule has 0 aliphatic carbocycles. The molecule has 0 radical (unpaired) electrons. The molecular weight excluding hydrogens is 354 g/mol. The Morgan fingerprint density at radius 1 is 1.17 bits per heavy atom. The Bertz CT molecular complexity index is 724. The van der Waals surface area contributed by atoms with Gasteiger partial charge in [-0.1, -0.05) is 6.07 Å². The zero-order valence-corrected chi connectivity index (χ0v) is 15.1. The number of sulfonamides is 1. The third-order valence-electron chi connectivity index (χ3n) is 3.03. The predicted molar refractivity (Wildman–Crippen MR) is 93.5 cm³/mol. The van der Waals surface area contributed by atoms with Crippen LogP contribution in [0.15, 0.2) is 33.9 Å². The molecule has 2 aromatic heterocycles. The summed E-state index contributed by atoms with van der Waals surface area (Å²) in [6, 6.07) is 5.18. The van der Waals surface area contributed by atoms with Gasteiger partial charge < -0.3 is 10.6 Å². The fraction of sp³-hybridized carbons (Fsp3) is 0.357. The Morgan fingerprint density at radius 2 is 2.00 bits per heavy atom. The van der Waals surface area contributed by atoms with Crippen LogP contribution in [0.25, 0.3) is 0 Å². The van der Waals surface area contributed by atoms with E-state index >= 15 is 0 Å². The molecule has 6 nitrogen and oxygen atoms in total. The SMILES string of the molecule is CNCCCNC(=O)c1sccc1S(=O)(=O)NCc1cccs1. The Hall–Kier alpha value is -1.26. The average molecular weight is 374 g/mol. The molecule has 3 N–H and O–H groups in total. The molecule has 0 aromatic carbocycles. The summed E-state index contributed by atoms with van der Waals surface area (Å²) in [5, 5.41) is 9.23. The number of nitrogens with one attached hydrogen (secondary N) is 3. The van der Waals surface area contributed by atoms with Gasteiger partial charge in [0, 0.05) is 18.0 Å². The lowest BCUT2D eigenvalue weighted by Crippen LogP contribution is -2.29.